The average Bonchev–Trinajstić information content (AvgIpc) is 2.87. The standard InChI is InChI=1S/C30H36N6O4S2/c1-29(2,3)25-27(31)33-17-23(35-25)19-8-9-20(24(14-19)42(7,39)40)15-30(4,5)26-28(32)34-16-22(36-26)18-10-12-21(13-11-18)41(6,37)38/h8-14,16-17H,15H2,1-7H3,(H2,31,33)(H2,32,34). The molecule has 0 unspecified atom stereocenters. The van der Waals surface area contributed by atoms with Crippen molar-refractivity contribution < 1.29 is 16.8 Å². The predicted molar refractivity (Wildman–Crippen MR) is 165 cm³/mol. The summed E-state index contributed by atoms with van der Waals surface area (Å²) in [7, 11) is -6.97. The first-order valence-corrected chi connectivity index (χ1v) is 17.0. The van der Waals surface area contributed by atoms with Crippen molar-refractivity contribution in [3.05, 3.63) is 71.8 Å². The van der Waals surface area contributed by atoms with Crippen LogP contribution in [0.25, 0.3) is 22.5 Å². The van der Waals surface area contributed by atoms with Crippen LogP contribution in [0.2, 0.25) is 0 Å². The number of aromatic nitrogens is 4. The highest BCUT2D eigenvalue weighted by molar-refractivity contribution is 7.91. The van der Waals surface area contributed by atoms with Crippen molar-refractivity contribution in [2.45, 2.75) is 61.7 Å². The quantitative estimate of drug-likeness (QED) is 0.306. The van der Waals surface area contributed by atoms with Crippen LogP contribution < -0.4 is 11.5 Å². The molecule has 2 heterocycles. The van der Waals surface area contributed by atoms with Gasteiger partial charge < -0.3 is 11.5 Å². The molecule has 0 radical (unpaired) electrons. The van der Waals surface area contributed by atoms with Gasteiger partial charge in [0.2, 0.25) is 0 Å². The smallest absolute Gasteiger partial charge is 0.175 e. The van der Waals surface area contributed by atoms with Gasteiger partial charge in [0.05, 0.1) is 45.0 Å². The Bertz CT molecular complexity index is 1880. The molecular weight excluding hydrogens is 573 g/mol. The molecule has 0 amide bonds. The van der Waals surface area contributed by atoms with Gasteiger partial charge >= 0.3 is 0 Å². The molecule has 0 spiro atoms. The van der Waals surface area contributed by atoms with E-state index in [1.807, 2.05) is 40.7 Å². The van der Waals surface area contributed by atoms with Crippen molar-refractivity contribution in [2.24, 2.45) is 0 Å². The van der Waals surface area contributed by atoms with Crippen LogP contribution in [0.4, 0.5) is 11.6 Å². The third-order valence-electron chi connectivity index (χ3n) is 6.93. The first kappa shape index (κ1) is 31.0. The maximum absolute atomic E-state index is 13.0. The summed E-state index contributed by atoms with van der Waals surface area (Å²) >= 11 is 0. The van der Waals surface area contributed by atoms with Crippen LogP contribution >= 0.6 is 0 Å². The van der Waals surface area contributed by atoms with Crippen LogP contribution in [0.1, 0.15) is 51.6 Å². The van der Waals surface area contributed by atoms with Gasteiger partial charge in [0, 0.05) is 34.5 Å². The van der Waals surface area contributed by atoms with Crippen LogP contribution in [0.15, 0.2) is 64.6 Å². The van der Waals surface area contributed by atoms with E-state index in [0.717, 1.165) is 6.26 Å². The zero-order chi connectivity index (χ0) is 31.3. The Morgan fingerprint density at radius 2 is 1.19 bits per heavy atom. The number of rotatable bonds is 7. The molecule has 42 heavy (non-hydrogen) atoms. The van der Waals surface area contributed by atoms with E-state index in [1.54, 1.807) is 30.5 Å². The summed E-state index contributed by atoms with van der Waals surface area (Å²) in [6.07, 6.45) is 5.69. The molecule has 0 saturated carbocycles. The number of nitrogen functional groups attached to an aromatic ring is 2. The van der Waals surface area contributed by atoms with Gasteiger partial charge in [0.25, 0.3) is 0 Å². The molecule has 222 valence electrons. The molecule has 0 aliphatic carbocycles. The Kier molecular flexibility index (Phi) is 7.94. The molecule has 0 fully saturated rings. The fourth-order valence-electron chi connectivity index (χ4n) is 4.76. The van der Waals surface area contributed by atoms with E-state index in [4.69, 9.17) is 21.4 Å². The largest absolute Gasteiger partial charge is 0.382 e. The van der Waals surface area contributed by atoms with Crippen LogP contribution in [0.3, 0.4) is 0 Å². The van der Waals surface area contributed by atoms with Gasteiger partial charge in [-0.15, -0.1) is 0 Å². The van der Waals surface area contributed by atoms with Crippen molar-refractivity contribution in [1.29, 1.82) is 0 Å². The van der Waals surface area contributed by atoms with Crippen molar-refractivity contribution in [3.63, 3.8) is 0 Å². The number of sulfone groups is 2. The molecule has 2 aromatic carbocycles. The van der Waals surface area contributed by atoms with Gasteiger partial charge in [-0.25, -0.2) is 36.8 Å². The first-order chi connectivity index (χ1) is 19.3. The molecule has 2 aromatic heterocycles. The zero-order valence-electron chi connectivity index (χ0n) is 24.8. The number of nitrogens with zero attached hydrogens (tertiary/aromatic N) is 4. The monoisotopic (exact) mass is 608 g/mol. The predicted octanol–water partition coefficient (Wildman–Crippen LogP) is 4.39. The van der Waals surface area contributed by atoms with Gasteiger partial charge in [-0.1, -0.05) is 58.9 Å². The highest BCUT2D eigenvalue weighted by atomic mass is 32.2. The van der Waals surface area contributed by atoms with Gasteiger partial charge in [-0.3, -0.25) is 0 Å². The molecule has 0 aliphatic heterocycles. The fourth-order valence-corrected chi connectivity index (χ4v) is 6.35. The highest BCUT2D eigenvalue weighted by Gasteiger charge is 2.30. The van der Waals surface area contributed by atoms with Crippen LogP contribution in [0, 0.1) is 0 Å². The molecule has 0 saturated heterocycles. The molecule has 4 rings (SSSR count). The molecule has 0 bridgehead atoms. The van der Waals surface area contributed by atoms with Crippen molar-refractivity contribution >= 4 is 31.3 Å². The van der Waals surface area contributed by atoms with E-state index in [-0.39, 0.29) is 21.0 Å². The lowest BCUT2D eigenvalue weighted by Crippen LogP contribution is -2.25. The normalized spacial score (nSPS) is 12.8. The lowest BCUT2D eigenvalue weighted by molar-refractivity contribution is 0.501. The fraction of sp³-hybridized carbons (Fsp3) is 0.333. The first-order valence-electron chi connectivity index (χ1n) is 13.2. The van der Waals surface area contributed by atoms with Gasteiger partial charge in [0.1, 0.15) is 11.6 Å². The van der Waals surface area contributed by atoms with E-state index in [1.165, 1.54) is 24.6 Å². The third-order valence-corrected chi connectivity index (χ3v) is 9.23. The molecule has 12 heteroatoms. The summed E-state index contributed by atoms with van der Waals surface area (Å²) in [5.41, 5.74) is 15.3. The summed E-state index contributed by atoms with van der Waals surface area (Å²) in [6.45, 7) is 9.80. The van der Waals surface area contributed by atoms with Crippen LogP contribution in [0.5, 0.6) is 0 Å². The van der Waals surface area contributed by atoms with Crippen molar-refractivity contribution in [1.82, 2.24) is 19.9 Å². The summed E-state index contributed by atoms with van der Waals surface area (Å²) in [6, 6.07) is 11.6. The molecule has 10 nitrogen and oxygen atoms in total. The summed E-state index contributed by atoms with van der Waals surface area (Å²) < 4.78 is 49.7. The topological polar surface area (TPSA) is 172 Å². The number of benzene rings is 2. The molecule has 0 aliphatic rings. The lowest BCUT2D eigenvalue weighted by atomic mass is 9.82. The summed E-state index contributed by atoms with van der Waals surface area (Å²) in [5.74, 6) is 0.557. The third kappa shape index (κ3) is 6.60. The Morgan fingerprint density at radius 3 is 1.71 bits per heavy atom. The second-order valence-electron chi connectivity index (χ2n) is 12.2. The number of anilines is 2. The minimum Gasteiger partial charge on any atom is -0.382 e. The minimum atomic E-state index is -3.63. The summed E-state index contributed by atoms with van der Waals surface area (Å²) in [4.78, 5) is 18.5. The van der Waals surface area contributed by atoms with Crippen molar-refractivity contribution in [2.75, 3.05) is 24.0 Å². The average molecular weight is 609 g/mol. The van der Waals surface area contributed by atoms with Crippen LogP contribution in [-0.4, -0.2) is 49.3 Å². The van der Waals surface area contributed by atoms with E-state index < -0.39 is 25.1 Å². The Labute approximate surface area is 247 Å². The Morgan fingerprint density at radius 1 is 0.690 bits per heavy atom. The second-order valence-corrected chi connectivity index (χ2v) is 16.2. The summed E-state index contributed by atoms with van der Waals surface area (Å²) in [5, 5.41) is 0. The number of hydrogen-bond acceptors (Lipinski definition) is 10. The van der Waals surface area contributed by atoms with Crippen LogP contribution in [-0.2, 0) is 36.9 Å². The van der Waals surface area contributed by atoms with Gasteiger partial charge in [-0.2, -0.15) is 0 Å². The minimum absolute atomic E-state index is 0.169. The van der Waals surface area contributed by atoms with E-state index >= 15 is 0 Å². The number of hydrogen-bond donors (Lipinski definition) is 2. The maximum Gasteiger partial charge on any atom is 0.175 e. The second kappa shape index (κ2) is 10.7. The molecule has 4 N–H and O–H groups in total. The zero-order valence-corrected chi connectivity index (χ0v) is 26.4. The molecule has 0 atom stereocenters. The molecular formula is C30H36N6O4S2. The maximum atomic E-state index is 13.0. The van der Waals surface area contributed by atoms with Gasteiger partial charge in [0.15, 0.2) is 19.7 Å². The Balaban J connectivity index is 1.74. The van der Waals surface area contributed by atoms with E-state index in [0.29, 0.717) is 51.7 Å². The lowest BCUT2D eigenvalue weighted by Gasteiger charge is -2.27. The molecule has 4 aromatic rings. The number of nitrogens with two attached hydrogens (primary N) is 2. The Hall–Kier alpha value is -3.90. The SMILES string of the molecule is CC(C)(C)c1nc(-c2ccc(CC(C)(C)c3nc(-c4ccc(S(C)(=O)=O)cc4)cnc3N)c(S(C)(=O)=O)c2)cnc1N. The van der Waals surface area contributed by atoms with Crippen molar-refractivity contribution in [3.8, 4) is 22.5 Å². The van der Waals surface area contributed by atoms with Gasteiger partial charge in [-0.05, 0) is 30.2 Å². The van der Waals surface area contributed by atoms with E-state index in [2.05, 4.69) is 9.97 Å². The highest BCUT2D eigenvalue weighted by Crippen LogP contribution is 2.35. The van der Waals surface area contributed by atoms with E-state index in [9.17, 15) is 16.8 Å².